The zero-order valence-corrected chi connectivity index (χ0v) is 8.67. The standard InChI is InChI=1S/C10H19NO2/c1-10(2,3)4-8(12)9(11)7-5-13-6-7/h7,9H,4-6,11H2,1-3H3/t9-/m1/s1. The van der Waals surface area contributed by atoms with Gasteiger partial charge in [-0.1, -0.05) is 20.8 Å². The molecule has 3 nitrogen and oxygen atoms in total. The third-order valence-electron chi connectivity index (χ3n) is 2.25. The van der Waals surface area contributed by atoms with Crippen molar-refractivity contribution >= 4 is 5.78 Å². The van der Waals surface area contributed by atoms with Crippen molar-refractivity contribution < 1.29 is 9.53 Å². The highest BCUT2D eigenvalue weighted by atomic mass is 16.5. The summed E-state index contributed by atoms with van der Waals surface area (Å²) >= 11 is 0. The van der Waals surface area contributed by atoms with Crippen molar-refractivity contribution in [1.29, 1.82) is 0 Å². The SMILES string of the molecule is CC(C)(C)CC(=O)[C@H](N)C1COC1. The Kier molecular flexibility index (Phi) is 3.09. The molecule has 0 amide bonds. The van der Waals surface area contributed by atoms with Gasteiger partial charge in [-0.3, -0.25) is 4.79 Å². The van der Waals surface area contributed by atoms with Gasteiger partial charge in [0.05, 0.1) is 19.3 Å². The molecule has 76 valence electrons. The zero-order chi connectivity index (χ0) is 10.1. The van der Waals surface area contributed by atoms with Crippen molar-refractivity contribution in [2.24, 2.45) is 17.1 Å². The van der Waals surface area contributed by atoms with Gasteiger partial charge in [-0.05, 0) is 5.41 Å². The highest BCUT2D eigenvalue weighted by Gasteiger charge is 2.32. The lowest BCUT2D eigenvalue weighted by Crippen LogP contribution is -2.48. The van der Waals surface area contributed by atoms with E-state index in [0.717, 1.165) is 0 Å². The fourth-order valence-corrected chi connectivity index (χ4v) is 1.36. The highest BCUT2D eigenvalue weighted by Crippen LogP contribution is 2.22. The van der Waals surface area contributed by atoms with Crippen molar-refractivity contribution in [2.75, 3.05) is 13.2 Å². The average Bonchev–Trinajstić information content (AvgIpc) is 1.78. The molecular weight excluding hydrogens is 166 g/mol. The van der Waals surface area contributed by atoms with Crippen LogP contribution in [0.5, 0.6) is 0 Å². The smallest absolute Gasteiger partial charge is 0.150 e. The first-order valence-electron chi connectivity index (χ1n) is 4.76. The Hall–Kier alpha value is -0.410. The van der Waals surface area contributed by atoms with Gasteiger partial charge in [0.2, 0.25) is 0 Å². The Labute approximate surface area is 79.6 Å². The number of Topliss-reactive ketones (excluding diaryl/α,β-unsaturated/α-hetero) is 1. The highest BCUT2D eigenvalue weighted by molar-refractivity contribution is 5.84. The van der Waals surface area contributed by atoms with Gasteiger partial charge in [0.15, 0.2) is 5.78 Å². The molecule has 1 rings (SSSR count). The molecule has 0 unspecified atom stereocenters. The van der Waals surface area contributed by atoms with Crippen LogP contribution in [0.15, 0.2) is 0 Å². The van der Waals surface area contributed by atoms with Gasteiger partial charge in [-0.15, -0.1) is 0 Å². The maximum atomic E-state index is 11.6. The molecule has 0 spiro atoms. The second-order valence-corrected chi connectivity index (χ2v) is 5.03. The van der Waals surface area contributed by atoms with Gasteiger partial charge in [-0.25, -0.2) is 0 Å². The van der Waals surface area contributed by atoms with E-state index < -0.39 is 0 Å². The van der Waals surface area contributed by atoms with Crippen molar-refractivity contribution in [3.8, 4) is 0 Å². The Morgan fingerprint density at radius 3 is 2.38 bits per heavy atom. The van der Waals surface area contributed by atoms with Gasteiger partial charge < -0.3 is 10.5 Å². The van der Waals surface area contributed by atoms with Gasteiger partial charge >= 0.3 is 0 Å². The van der Waals surface area contributed by atoms with E-state index in [2.05, 4.69) is 20.8 Å². The Morgan fingerprint density at radius 1 is 1.54 bits per heavy atom. The maximum Gasteiger partial charge on any atom is 0.150 e. The molecule has 1 aliphatic rings. The molecule has 0 saturated carbocycles. The van der Waals surface area contributed by atoms with Crippen LogP contribution in [0.1, 0.15) is 27.2 Å². The van der Waals surface area contributed by atoms with Crippen LogP contribution < -0.4 is 5.73 Å². The first-order valence-corrected chi connectivity index (χ1v) is 4.76. The topological polar surface area (TPSA) is 52.3 Å². The van der Waals surface area contributed by atoms with E-state index in [-0.39, 0.29) is 23.2 Å². The van der Waals surface area contributed by atoms with Crippen LogP contribution >= 0.6 is 0 Å². The zero-order valence-electron chi connectivity index (χ0n) is 8.67. The number of carbonyl (C=O) groups excluding carboxylic acids is 1. The summed E-state index contributed by atoms with van der Waals surface area (Å²) in [5.41, 5.74) is 5.84. The maximum absolute atomic E-state index is 11.6. The molecule has 0 aliphatic carbocycles. The van der Waals surface area contributed by atoms with Crippen molar-refractivity contribution in [2.45, 2.75) is 33.2 Å². The molecule has 1 atom stereocenters. The summed E-state index contributed by atoms with van der Waals surface area (Å²) in [6.45, 7) is 7.45. The summed E-state index contributed by atoms with van der Waals surface area (Å²) in [5.74, 6) is 0.427. The molecule has 3 heteroatoms. The molecule has 0 aromatic rings. The van der Waals surface area contributed by atoms with E-state index >= 15 is 0 Å². The minimum Gasteiger partial charge on any atom is -0.381 e. The summed E-state index contributed by atoms with van der Waals surface area (Å²) in [6, 6.07) is -0.312. The van der Waals surface area contributed by atoms with Crippen LogP contribution in [0.3, 0.4) is 0 Å². The van der Waals surface area contributed by atoms with Crippen LogP contribution in [0.4, 0.5) is 0 Å². The molecule has 2 N–H and O–H groups in total. The molecule has 1 aliphatic heterocycles. The fraction of sp³-hybridized carbons (Fsp3) is 0.900. The molecule has 0 aromatic carbocycles. The van der Waals surface area contributed by atoms with E-state index in [4.69, 9.17) is 10.5 Å². The average molecular weight is 185 g/mol. The summed E-state index contributed by atoms with van der Waals surface area (Å²) in [4.78, 5) is 11.6. The summed E-state index contributed by atoms with van der Waals surface area (Å²) in [7, 11) is 0. The third-order valence-corrected chi connectivity index (χ3v) is 2.25. The van der Waals surface area contributed by atoms with Crippen LogP contribution in [0.2, 0.25) is 0 Å². The van der Waals surface area contributed by atoms with E-state index in [0.29, 0.717) is 19.6 Å². The Bertz CT molecular complexity index is 192. The lowest BCUT2D eigenvalue weighted by molar-refractivity contribution is -0.128. The van der Waals surface area contributed by atoms with Crippen molar-refractivity contribution in [1.82, 2.24) is 0 Å². The van der Waals surface area contributed by atoms with Crippen LogP contribution in [-0.4, -0.2) is 25.0 Å². The second-order valence-electron chi connectivity index (χ2n) is 5.03. The summed E-state index contributed by atoms with van der Waals surface area (Å²) < 4.78 is 5.00. The first-order chi connectivity index (χ1) is 5.90. The molecule has 0 aromatic heterocycles. The third kappa shape index (κ3) is 3.08. The molecular formula is C10H19NO2. The van der Waals surface area contributed by atoms with Gasteiger partial charge in [0.1, 0.15) is 0 Å². The number of ether oxygens (including phenoxy) is 1. The molecule has 1 saturated heterocycles. The van der Waals surface area contributed by atoms with E-state index in [1.807, 2.05) is 0 Å². The second kappa shape index (κ2) is 3.76. The lowest BCUT2D eigenvalue weighted by Gasteiger charge is -2.31. The van der Waals surface area contributed by atoms with Gasteiger partial charge in [0.25, 0.3) is 0 Å². The Morgan fingerprint density at radius 2 is 2.08 bits per heavy atom. The number of hydrogen-bond donors (Lipinski definition) is 1. The lowest BCUT2D eigenvalue weighted by atomic mass is 9.84. The van der Waals surface area contributed by atoms with Crippen LogP contribution in [0.25, 0.3) is 0 Å². The molecule has 1 heterocycles. The number of ketones is 1. The van der Waals surface area contributed by atoms with Gasteiger partial charge in [0, 0.05) is 12.3 Å². The van der Waals surface area contributed by atoms with Crippen molar-refractivity contribution in [3.05, 3.63) is 0 Å². The normalized spacial score (nSPS) is 20.9. The number of nitrogens with two attached hydrogens (primary N) is 1. The minimum atomic E-state index is -0.312. The number of hydrogen-bond acceptors (Lipinski definition) is 3. The van der Waals surface area contributed by atoms with Crippen molar-refractivity contribution in [3.63, 3.8) is 0 Å². The van der Waals surface area contributed by atoms with Crippen LogP contribution in [0, 0.1) is 11.3 Å². The quantitative estimate of drug-likeness (QED) is 0.712. The number of carbonyl (C=O) groups is 1. The Balaban J connectivity index is 2.38. The largest absolute Gasteiger partial charge is 0.381 e. The van der Waals surface area contributed by atoms with E-state index in [9.17, 15) is 4.79 Å². The predicted molar refractivity (Wildman–Crippen MR) is 51.4 cm³/mol. The molecule has 1 fully saturated rings. The first kappa shape index (κ1) is 10.7. The predicted octanol–water partition coefficient (Wildman–Crippen LogP) is 0.965. The minimum absolute atomic E-state index is 0.0410. The number of rotatable bonds is 3. The monoisotopic (exact) mass is 185 g/mol. The fourth-order valence-electron chi connectivity index (χ4n) is 1.36. The summed E-state index contributed by atoms with van der Waals surface area (Å²) in [6.07, 6.45) is 0.560. The van der Waals surface area contributed by atoms with Crippen LogP contribution in [-0.2, 0) is 9.53 Å². The molecule has 0 bridgehead atoms. The molecule has 0 radical (unpaired) electrons. The molecule has 13 heavy (non-hydrogen) atoms. The summed E-state index contributed by atoms with van der Waals surface area (Å²) in [5, 5.41) is 0. The van der Waals surface area contributed by atoms with E-state index in [1.54, 1.807) is 0 Å². The van der Waals surface area contributed by atoms with E-state index in [1.165, 1.54) is 0 Å². The van der Waals surface area contributed by atoms with Gasteiger partial charge in [-0.2, -0.15) is 0 Å².